The first-order valence-corrected chi connectivity index (χ1v) is 22.5. The summed E-state index contributed by atoms with van der Waals surface area (Å²) in [5.74, 6) is 0.127. The summed E-state index contributed by atoms with van der Waals surface area (Å²) in [6.45, 7) is 4.64. The molecule has 0 saturated carbocycles. The van der Waals surface area contributed by atoms with Crippen molar-refractivity contribution in [1.82, 2.24) is 0 Å². The maximum Gasteiger partial charge on any atom is 0.143 e. The fourth-order valence-corrected chi connectivity index (χ4v) is 10.2. The third-order valence-electron chi connectivity index (χ3n) is 13.5. The molecule has 3 heterocycles. The first kappa shape index (κ1) is 38.0. The van der Waals surface area contributed by atoms with E-state index in [2.05, 4.69) is 196 Å². The van der Waals surface area contributed by atoms with Gasteiger partial charge >= 0.3 is 0 Å². The summed E-state index contributed by atoms with van der Waals surface area (Å²) < 4.78 is 13.5. The lowest BCUT2D eigenvalue weighted by Gasteiger charge is -2.21. The summed E-state index contributed by atoms with van der Waals surface area (Å²) in [5.41, 5.74) is 16.2. The van der Waals surface area contributed by atoms with Gasteiger partial charge in [-0.05, 0) is 106 Å². The molecule has 1 aliphatic heterocycles. The molecule has 0 N–H and O–H groups in total. The highest BCUT2D eigenvalue weighted by atomic mass is 16.3. The molecule has 0 spiro atoms. The van der Waals surface area contributed by atoms with Crippen molar-refractivity contribution in [3.63, 3.8) is 0 Å². The van der Waals surface area contributed by atoms with E-state index in [0.29, 0.717) is 0 Å². The van der Waals surface area contributed by atoms with Gasteiger partial charge in [-0.25, -0.2) is 0 Å². The Bertz CT molecular complexity index is 3730. The molecule has 12 rings (SSSR count). The van der Waals surface area contributed by atoms with Crippen LogP contribution in [0.3, 0.4) is 0 Å². The molecular weight excluding hydrogens is 779 g/mol. The first-order valence-electron chi connectivity index (χ1n) is 22.5. The molecular formula is C61H45NO2. The summed E-state index contributed by atoms with van der Waals surface area (Å²) >= 11 is 0. The Kier molecular flexibility index (Phi) is 9.23. The highest BCUT2D eigenvalue weighted by Gasteiger charge is 2.24. The van der Waals surface area contributed by atoms with Crippen LogP contribution in [0.4, 0.5) is 0 Å². The van der Waals surface area contributed by atoms with Crippen LogP contribution < -0.4 is 0 Å². The van der Waals surface area contributed by atoms with E-state index in [1.807, 2.05) is 12.1 Å². The number of hydrogen-bond donors (Lipinski definition) is 0. The number of allylic oxidation sites excluding steroid dienone is 3. The van der Waals surface area contributed by atoms with Crippen molar-refractivity contribution in [2.45, 2.75) is 33.1 Å². The van der Waals surface area contributed by atoms with E-state index in [9.17, 15) is 0 Å². The molecule has 3 nitrogen and oxygen atoms in total. The molecule has 1 aliphatic rings. The lowest BCUT2D eigenvalue weighted by atomic mass is 9.84. The van der Waals surface area contributed by atoms with Gasteiger partial charge in [0.25, 0.3) is 0 Å². The molecule has 0 aliphatic carbocycles. The van der Waals surface area contributed by atoms with Crippen LogP contribution in [-0.4, -0.2) is 5.71 Å². The number of fused-ring (bicyclic) bond motifs is 8. The Morgan fingerprint density at radius 1 is 0.469 bits per heavy atom. The summed E-state index contributed by atoms with van der Waals surface area (Å²) in [6.07, 6.45) is 5.08. The van der Waals surface area contributed by atoms with E-state index in [0.717, 1.165) is 96.8 Å². The van der Waals surface area contributed by atoms with Crippen molar-refractivity contribution in [3.8, 4) is 22.3 Å². The van der Waals surface area contributed by atoms with Gasteiger partial charge in [0.1, 0.15) is 22.3 Å². The van der Waals surface area contributed by atoms with Crippen LogP contribution >= 0.6 is 0 Å². The average molecular weight is 824 g/mol. The van der Waals surface area contributed by atoms with Crippen molar-refractivity contribution >= 4 is 82.4 Å². The Morgan fingerprint density at radius 2 is 1.05 bits per heavy atom. The zero-order chi connectivity index (χ0) is 42.7. The molecule has 9 aromatic carbocycles. The topological polar surface area (TPSA) is 38.6 Å². The summed E-state index contributed by atoms with van der Waals surface area (Å²) in [5, 5.41) is 9.27. The fraction of sp³-hybridized carbons (Fsp3) is 0.0984. The maximum absolute atomic E-state index is 6.95. The third-order valence-corrected chi connectivity index (χ3v) is 13.5. The van der Waals surface area contributed by atoms with Gasteiger partial charge in [-0.3, -0.25) is 4.99 Å². The van der Waals surface area contributed by atoms with E-state index in [-0.39, 0.29) is 5.92 Å². The fourth-order valence-electron chi connectivity index (χ4n) is 10.2. The van der Waals surface area contributed by atoms with Crippen LogP contribution in [-0.2, 0) is 0 Å². The minimum atomic E-state index is 0.127. The molecule has 0 bridgehead atoms. The highest BCUT2D eigenvalue weighted by Crippen LogP contribution is 2.44. The smallest absolute Gasteiger partial charge is 0.143 e. The van der Waals surface area contributed by atoms with E-state index < -0.39 is 0 Å². The monoisotopic (exact) mass is 823 g/mol. The van der Waals surface area contributed by atoms with Gasteiger partial charge in [0.15, 0.2) is 0 Å². The third kappa shape index (κ3) is 6.47. The normalized spacial score (nSPS) is 17.7. The molecule has 2 aromatic heterocycles. The molecule has 11 aromatic rings. The van der Waals surface area contributed by atoms with Gasteiger partial charge in [-0.1, -0.05) is 176 Å². The first-order chi connectivity index (χ1) is 31.6. The molecule has 3 heteroatoms. The number of benzene rings is 9. The molecule has 1 atom stereocenters. The van der Waals surface area contributed by atoms with Crippen molar-refractivity contribution in [2.24, 2.45) is 10.9 Å². The minimum Gasteiger partial charge on any atom is -0.455 e. The summed E-state index contributed by atoms with van der Waals surface area (Å²) in [6, 6.07) is 67.5. The predicted molar refractivity (Wildman–Crippen MR) is 270 cm³/mol. The molecule has 1 unspecified atom stereocenters. The zero-order valence-electron chi connectivity index (χ0n) is 35.9. The van der Waals surface area contributed by atoms with E-state index >= 15 is 0 Å². The van der Waals surface area contributed by atoms with Crippen LogP contribution in [0.1, 0.15) is 49.8 Å². The van der Waals surface area contributed by atoms with Gasteiger partial charge in [0.05, 0.1) is 5.70 Å². The second kappa shape index (κ2) is 15.6. The van der Waals surface area contributed by atoms with Crippen LogP contribution in [0.5, 0.6) is 0 Å². The second-order valence-corrected chi connectivity index (χ2v) is 17.3. The molecule has 306 valence electrons. The van der Waals surface area contributed by atoms with Gasteiger partial charge in [-0.15, -0.1) is 0 Å². The van der Waals surface area contributed by atoms with Crippen molar-refractivity contribution in [3.05, 3.63) is 216 Å². The van der Waals surface area contributed by atoms with Gasteiger partial charge < -0.3 is 8.83 Å². The predicted octanol–water partition coefficient (Wildman–Crippen LogP) is 17.2. The van der Waals surface area contributed by atoms with Crippen molar-refractivity contribution < 1.29 is 8.83 Å². The van der Waals surface area contributed by atoms with Crippen molar-refractivity contribution in [2.75, 3.05) is 0 Å². The Morgan fingerprint density at radius 3 is 1.88 bits per heavy atom. The molecule has 0 radical (unpaired) electrons. The van der Waals surface area contributed by atoms with E-state index in [1.165, 1.54) is 49.4 Å². The largest absolute Gasteiger partial charge is 0.455 e. The quantitative estimate of drug-likeness (QED) is 0.168. The Hall–Kier alpha value is -7.75. The number of nitrogens with zero attached hydrogens (tertiary/aromatic N) is 1. The average Bonchev–Trinajstić information content (AvgIpc) is 3.95. The number of rotatable bonds is 6. The highest BCUT2D eigenvalue weighted by molar-refractivity contribution is 6.17. The molecule has 64 heavy (non-hydrogen) atoms. The minimum absolute atomic E-state index is 0.127. The molecule has 0 fully saturated rings. The molecule has 0 amide bonds. The van der Waals surface area contributed by atoms with Crippen LogP contribution in [0.25, 0.3) is 98.9 Å². The number of hydrogen-bond acceptors (Lipinski definition) is 3. The summed E-state index contributed by atoms with van der Waals surface area (Å²) in [7, 11) is 0. The van der Waals surface area contributed by atoms with Gasteiger partial charge in [0, 0.05) is 49.9 Å². The van der Waals surface area contributed by atoms with E-state index in [1.54, 1.807) is 0 Å². The lowest BCUT2D eigenvalue weighted by Crippen LogP contribution is -2.04. The Balaban J connectivity index is 1.05. The van der Waals surface area contributed by atoms with Crippen LogP contribution in [0.15, 0.2) is 214 Å². The number of aliphatic imine (C=N–C) groups is 1. The molecule has 0 saturated heterocycles. The van der Waals surface area contributed by atoms with Gasteiger partial charge in [-0.2, -0.15) is 0 Å². The lowest BCUT2D eigenvalue weighted by molar-refractivity contribution is 0.665. The van der Waals surface area contributed by atoms with Gasteiger partial charge in [0.2, 0.25) is 0 Å². The maximum atomic E-state index is 6.95. The van der Waals surface area contributed by atoms with Crippen LogP contribution in [0, 0.1) is 5.92 Å². The Labute approximate surface area is 372 Å². The number of para-hydroxylation sites is 3. The summed E-state index contributed by atoms with van der Waals surface area (Å²) in [4.78, 5) is 5.80. The van der Waals surface area contributed by atoms with Crippen LogP contribution in [0.2, 0.25) is 0 Å². The SMILES string of the molecule is CCC1/C=C(c2cccc3oc4c(-c5cccc6c5oc5ccccc56)cccc4c23)\N=C(\c2ccc3cc(-c4ccccc4)ccc3c2)CC/C(C)=C/1c1ccc2ccccc2c1. The van der Waals surface area contributed by atoms with Crippen molar-refractivity contribution in [1.29, 1.82) is 0 Å². The van der Waals surface area contributed by atoms with E-state index in [4.69, 9.17) is 13.8 Å². The zero-order valence-corrected chi connectivity index (χ0v) is 35.9. The standard InChI is InChI=1S/C61H45NO2/c1-3-39-37-55(52-22-13-25-57-59(52)53-23-12-21-51(61(53)64-57)50-20-11-19-49-48-18-9-10-24-56(48)63-60(49)50)62-54(33-26-38(2)58(39)47-32-27-41-16-7-8-17-42(41)36-47)46-31-30-44-34-43(28-29-45(44)35-46)40-14-5-4-6-15-40/h4-25,27-32,34-37,39H,3,26,33H2,1-2H3/b55-37-,58-38-,62-54+. The number of furan rings is 2. The second-order valence-electron chi connectivity index (χ2n) is 17.3.